The molecule has 12 heteroatoms. The number of non-ortho nitro benzene ring substituents is 1. The van der Waals surface area contributed by atoms with Gasteiger partial charge in [0.25, 0.3) is 11.6 Å². The summed E-state index contributed by atoms with van der Waals surface area (Å²) >= 11 is 14.1. The van der Waals surface area contributed by atoms with Gasteiger partial charge in [0.2, 0.25) is 0 Å². The van der Waals surface area contributed by atoms with E-state index in [4.69, 9.17) is 33.4 Å². The molecule has 1 amide bonds. The molecule has 0 bridgehead atoms. The number of aliphatic hydroxyl groups is 2. The number of carbonyl (C=O) groups is 2. The lowest BCUT2D eigenvalue weighted by Gasteiger charge is -2.22. The van der Waals surface area contributed by atoms with Crippen molar-refractivity contribution < 1.29 is 29.8 Å². The van der Waals surface area contributed by atoms with Crippen LogP contribution in [0.15, 0.2) is 24.3 Å². The Hall–Kier alpha value is -1.59. The van der Waals surface area contributed by atoms with Crippen LogP contribution in [0.25, 0.3) is 0 Å². The fourth-order valence-electron chi connectivity index (χ4n) is 1.50. The van der Waals surface area contributed by atoms with E-state index in [1.54, 1.807) is 0 Å². The molecule has 2 atom stereocenters. The number of carbonyl (C=O) groups excluding carboxylic acids is 1. The highest BCUT2D eigenvalue weighted by molar-refractivity contribution is 7.81. The number of aliphatic carboxylic acids is 1. The molecule has 1 aromatic rings. The van der Waals surface area contributed by atoms with Crippen LogP contribution in [0.5, 0.6) is 0 Å². The van der Waals surface area contributed by atoms with Gasteiger partial charge in [0.05, 0.1) is 23.3 Å². The highest BCUT2D eigenvalue weighted by Crippen LogP contribution is 2.20. The minimum atomic E-state index is -1.33. The van der Waals surface area contributed by atoms with E-state index in [1.165, 1.54) is 24.3 Å². The number of rotatable bonds is 7. The molecule has 0 aromatic heterocycles. The fourth-order valence-corrected chi connectivity index (χ4v) is 1.62. The van der Waals surface area contributed by atoms with Crippen molar-refractivity contribution in [3.05, 3.63) is 39.9 Å². The molecule has 1 aromatic carbocycles. The van der Waals surface area contributed by atoms with Crippen LogP contribution in [0.4, 0.5) is 5.69 Å². The van der Waals surface area contributed by atoms with Gasteiger partial charge < -0.3 is 20.6 Å². The largest absolute Gasteiger partial charge is 0.481 e. The number of nitrogens with one attached hydrogen (secondary N) is 1. The SMILES string of the molecule is O=C(N[C@H](CO)[C@H](O)c1ccc([N+](=O)[O-])cc1)C(Cl)Cl.O=C(O)CS. The molecule has 9 nitrogen and oxygen atoms in total. The molecule has 0 radical (unpaired) electrons. The van der Waals surface area contributed by atoms with Gasteiger partial charge in [0.1, 0.15) is 6.10 Å². The lowest BCUT2D eigenvalue weighted by molar-refractivity contribution is -0.384. The number of carboxylic acids is 1. The van der Waals surface area contributed by atoms with Gasteiger partial charge in [-0.15, -0.1) is 0 Å². The summed E-state index contributed by atoms with van der Waals surface area (Å²) in [4.78, 5) is 29.2. The molecule has 1 rings (SSSR count). The zero-order chi connectivity index (χ0) is 19.6. The monoisotopic (exact) mass is 414 g/mol. The predicted molar refractivity (Wildman–Crippen MR) is 94.1 cm³/mol. The van der Waals surface area contributed by atoms with E-state index in [0.717, 1.165) is 0 Å². The standard InChI is InChI=1S/C11H12Cl2N2O5.C2H4O2S/c12-10(13)11(18)14-8(5-16)9(17)6-1-3-7(4-2-6)15(19)20;3-2(4)1-5/h1-4,8-10,16-17H,5H2,(H,14,18);5H,1H2,(H,3,4)/t8-,9-;/m1./s1. The Labute approximate surface area is 158 Å². The maximum Gasteiger partial charge on any atom is 0.313 e. The van der Waals surface area contributed by atoms with Crippen LogP contribution < -0.4 is 5.32 Å². The Morgan fingerprint density at radius 2 is 1.76 bits per heavy atom. The number of thiol groups is 1. The molecular weight excluding hydrogens is 399 g/mol. The number of carboxylic acid groups (broad SMARTS) is 1. The van der Waals surface area contributed by atoms with Gasteiger partial charge in [0, 0.05) is 12.1 Å². The summed E-state index contributed by atoms with van der Waals surface area (Å²) in [6.45, 7) is -0.551. The Balaban J connectivity index is 0.00000101. The number of nitro benzene ring substituents is 1. The first-order chi connectivity index (χ1) is 11.6. The highest BCUT2D eigenvalue weighted by atomic mass is 35.5. The summed E-state index contributed by atoms with van der Waals surface area (Å²) in [5.41, 5.74) is 0.169. The molecule has 140 valence electrons. The van der Waals surface area contributed by atoms with Crippen molar-refractivity contribution in [1.29, 1.82) is 0 Å². The molecule has 0 aliphatic rings. The summed E-state index contributed by atoms with van der Waals surface area (Å²) in [5.74, 6) is -1.72. The number of aliphatic hydroxyl groups excluding tert-OH is 2. The second-order valence-electron chi connectivity index (χ2n) is 4.44. The molecular formula is C13H16Cl2N2O7S. The summed E-state index contributed by atoms with van der Waals surface area (Å²) in [7, 11) is 0. The number of amides is 1. The second kappa shape index (κ2) is 11.9. The zero-order valence-electron chi connectivity index (χ0n) is 12.6. The lowest BCUT2D eigenvalue weighted by atomic mass is 10.0. The maximum atomic E-state index is 11.3. The van der Waals surface area contributed by atoms with E-state index in [1.807, 2.05) is 0 Å². The molecule has 0 heterocycles. The molecule has 0 aliphatic heterocycles. The van der Waals surface area contributed by atoms with Gasteiger partial charge in [0.15, 0.2) is 4.84 Å². The number of nitro groups is 1. The van der Waals surface area contributed by atoms with Crippen LogP contribution in [0.3, 0.4) is 0 Å². The van der Waals surface area contributed by atoms with Crippen molar-refractivity contribution in [3.63, 3.8) is 0 Å². The number of halogens is 2. The topological polar surface area (TPSA) is 150 Å². The van der Waals surface area contributed by atoms with Gasteiger partial charge in [-0.2, -0.15) is 12.6 Å². The van der Waals surface area contributed by atoms with E-state index in [0.29, 0.717) is 5.56 Å². The van der Waals surface area contributed by atoms with Crippen LogP contribution in [0, 0.1) is 10.1 Å². The molecule has 0 fully saturated rings. The average molecular weight is 415 g/mol. The molecule has 0 saturated carbocycles. The third-order valence-electron chi connectivity index (χ3n) is 2.68. The van der Waals surface area contributed by atoms with Crippen molar-refractivity contribution in [3.8, 4) is 0 Å². The van der Waals surface area contributed by atoms with Crippen molar-refractivity contribution >= 4 is 53.4 Å². The normalized spacial score (nSPS) is 12.6. The van der Waals surface area contributed by atoms with Gasteiger partial charge in [-0.3, -0.25) is 19.7 Å². The number of alkyl halides is 2. The predicted octanol–water partition coefficient (Wildman–Crippen LogP) is 0.910. The Morgan fingerprint density at radius 3 is 2.08 bits per heavy atom. The Bertz CT molecular complexity index is 586. The van der Waals surface area contributed by atoms with E-state index in [9.17, 15) is 24.8 Å². The van der Waals surface area contributed by atoms with Crippen molar-refractivity contribution in [1.82, 2.24) is 5.32 Å². The summed E-state index contributed by atoms with van der Waals surface area (Å²) in [5, 5.41) is 39.6. The van der Waals surface area contributed by atoms with Crippen molar-refractivity contribution in [2.75, 3.05) is 12.4 Å². The maximum absolute atomic E-state index is 11.3. The van der Waals surface area contributed by atoms with Gasteiger partial charge in [-0.1, -0.05) is 23.2 Å². The molecule has 25 heavy (non-hydrogen) atoms. The number of hydrogen-bond acceptors (Lipinski definition) is 7. The third kappa shape index (κ3) is 8.89. The quantitative estimate of drug-likeness (QED) is 0.192. The highest BCUT2D eigenvalue weighted by Gasteiger charge is 2.24. The first kappa shape index (κ1) is 23.4. The molecule has 0 spiro atoms. The van der Waals surface area contributed by atoms with Gasteiger partial charge in [-0.25, -0.2) is 0 Å². The third-order valence-corrected chi connectivity index (χ3v) is 3.35. The van der Waals surface area contributed by atoms with Crippen LogP contribution in [-0.4, -0.2) is 55.4 Å². The van der Waals surface area contributed by atoms with E-state index in [-0.39, 0.29) is 11.4 Å². The Morgan fingerprint density at radius 1 is 1.28 bits per heavy atom. The van der Waals surface area contributed by atoms with Crippen molar-refractivity contribution in [2.24, 2.45) is 0 Å². The number of hydrogen-bond donors (Lipinski definition) is 5. The Kier molecular flexibility index (Phi) is 11.1. The van der Waals surface area contributed by atoms with Crippen molar-refractivity contribution in [2.45, 2.75) is 17.0 Å². The first-order valence-corrected chi connectivity index (χ1v) is 8.09. The zero-order valence-corrected chi connectivity index (χ0v) is 15.0. The van der Waals surface area contributed by atoms with Crippen LogP contribution in [0.1, 0.15) is 11.7 Å². The second-order valence-corrected chi connectivity index (χ2v) is 5.86. The molecule has 0 aliphatic carbocycles. The van der Waals surface area contributed by atoms with Crippen LogP contribution >= 0.6 is 35.8 Å². The van der Waals surface area contributed by atoms with E-state index in [2.05, 4.69) is 17.9 Å². The molecule has 4 N–H and O–H groups in total. The van der Waals surface area contributed by atoms with Gasteiger partial charge >= 0.3 is 5.97 Å². The van der Waals surface area contributed by atoms with Gasteiger partial charge in [-0.05, 0) is 17.7 Å². The summed E-state index contributed by atoms with van der Waals surface area (Å²) in [6, 6.07) is 4.05. The van der Waals surface area contributed by atoms with E-state index < -0.39 is 40.4 Å². The smallest absolute Gasteiger partial charge is 0.313 e. The number of nitrogens with zero attached hydrogens (tertiary/aromatic N) is 1. The van der Waals surface area contributed by atoms with Crippen LogP contribution in [-0.2, 0) is 9.59 Å². The summed E-state index contributed by atoms with van der Waals surface area (Å²) in [6.07, 6.45) is -1.25. The lowest BCUT2D eigenvalue weighted by Crippen LogP contribution is -2.44. The average Bonchev–Trinajstić information content (AvgIpc) is 2.59. The fraction of sp³-hybridized carbons (Fsp3) is 0.385. The summed E-state index contributed by atoms with van der Waals surface area (Å²) < 4.78 is 0. The van der Waals surface area contributed by atoms with E-state index >= 15 is 0 Å². The number of benzene rings is 1. The minimum absolute atomic E-state index is 0.0833. The molecule has 0 saturated heterocycles. The minimum Gasteiger partial charge on any atom is -0.481 e. The van der Waals surface area contributed by atoms with Crippen LogP contribution in [0.2, 0.25) is 0 Å². The molecule has 0 unspecified atom stereocenters. The first-order valence-electron chi connectivity index (χ1n) is 6.58.